The van der Waals surface area contributed by atoms with E-state index >= 15 is 0 Å². The Morgan fingerprint density at radius 3 is 2.33 bits per heavy atom. The van der Waals surface area contributed by atoms with Crippen molar-refractivity contribution in [3.63, 3.8) is 0 Å². The summed E-state index contributed by atoms with van der Waals surface area (Å²) >= 11 is 0. The van der Waals surface area contributed by atoms with Gasteiger partial charge in [0.15, 0.2) is 0 Å². The highest BCUT2D eigenvalue weighted by Gasteiger charge is 2.38. The molecule has 3 aromatic carbocycles. The summed E-state index contributed by atoms with van der Waals surface area (Å²) < 4.78 is 0. The number of hydrogen-bond donors (Lipinski definition) is 2. The van der Waals surface area contributed by atoms with Crippen LogP contribution in [0.25, 0.3) is 0 Å². The first kappa shape index (κ1) is 33.7. The van der Waals surface area contributed by atoms with Crippen LogP contribution in [-0.2, 0) is 20.8 Å². The molecule has 3 amide bonds. The third kappa shape index (κ3) is 7.29. The van der Waals surface area contributed by atoms with E-state index in [9.17, 15) is 19.5 Å². The summed E-state index contributed by atoms with van der Waals surface area (Å²) in [5.41, 5.74) is 6.47. The summed E-state index contributed by atoms with van der Waals surface area (Å²) in [4.78, 5) is 43.8. The Morgan fingerprint density at radius 2 is 1.67 bits per heavy atom. The first-order chi connectivity index (χ1) is 23.2. The Morgan fingerprint density at radius 1 is 0.938 bits per heavy atom. The minimum absolute atomic E-state index is 0.138. The van der Waals surface area contributed by atoms with Crippen LogP contribution in [-0.4, -0.2) is 71.0 Å². The number of rotatable bonds is 10. The number of imide groups is 1. The first-order valence-electron chi connectivity index (χ1n) is 17.8. The lowest BCUT2D eigenvalue weighted by atomic mass is 9.69. The summed E-state index contributed by atoms with van der Waals surface area (Å²) in [6, 6.07) is 25.3. The Labute approximate surface area is 285 Å². The molecule has 8 heteroatoms. The summed E-state index contributed by atoms with van der Waals surface area (Å²) in [7, 11) is 0. The van der Waals surface area contributed by atoms with Crippen molar-refractivity contribution in [1.29, 1.82) is 0 Å². The molecule has 3 aliphatic rings. The van der Waals surface area contributed by atoms with Crippen molar-refractivity contribution in [3.05, 3.63) is 95.1 Å². The molecule has 1 aliphatic carbocycles. The third-order valence-electron chi connectivity index (χ3n) is 10.9. The molecule has 254 valence electrons. The van der Waals surface area contributed by atoms with Crippen LogP contribution in [0.5, 0.6) is 5.75 Å². The van der Waals surface area contributed by atoms with Crippen molar-refractivity contribution < 1.29 is 19.5 Å². The average molecular weight is 651 g/mol. The number of piperidine rings is 2. The van der Waals surface area contributed by atoms with Crippen molar-refractivity contribution in [3.8, 4) is 5.75 Å². The number of hydrogen-bond acceptors (Lipinski definition) is 6. The van der Waals surface area contributed by atoms with E-state index < -0.39 is 6.04 Å². The molecule has 0 spiro atoms. The van der Waals surface area contributed by atoms with E-state index in [4.69, 9.17) is 0 Å². The van der Waals surface area contributed by atoms with Gasteiger partial charge < -0.3 is 14.9 Å². The fraction of sp³-hybridized carbons (Fsp3) is 0.475. The molecule has 0 saturated carbocycles. The van der Waals surface area contributed by atoms with Gasteiger partial charge in [-0.15, -0.1) is 0 Å². The Hall–Kier alpha value is -4.17. The second-order valence-corrected chi connectivity index (χ2v) is 14.0. The van der Waals surface area contributed by atoms with E-state index in [-0.39, 0.29) is 36.2 Å². The molecule has 2 unspecified atom stereocenters. The van der Waals surface area contributed by atoms with E-state index in [2.05, 4.69) is 82.7 Å². The number of carbonyl (C=O) groups is 3. The summed E-state index contributed by atoms with van der Waals surface area (Å²) in [6.07, 6.45) is 5.48. The highest BCUT2D eigenvalue weighted by molar-refractivity contribution is 6.01. The smallest absolute Gasteiger partial charge is 0.249 e. The van der Waals surface area contributed by atoms with Gasteiger partial charge >= 0.3 is 0 Å². The van der Waals surface area contributed by atoms with Gasteiger partial charge in [0.05, 0.1) is 6.17 Å². The van der Waals surface area contributed by atoms with Crippen molar-refractivity contribution in [2.75, 3.05) is 31.1 Å². The van der Waals surface area contributed by atoms with Gasteiger partial charge in [0, 0.05) is 44.6 Å². The summed E-state index contributed by atoms with van der Waals surface area (Å²) in [5, 5.41) is 12.6. The van der Waals surface area contributed by atoms with E-state index in [0.29, 0.717) is 24.0 Å². The van der Waals surface area contributed by atoms with Crippen LogP contribution in [0, 0.1) is 5.92 Å². The van der Waals surface area contributed by atoms with Crippen LogP contribution in [0.4, 0.5) is 5.69 Å². The van der Waals surface area contributed by atoms with Gasteiger partial charge in [-0.25, -0.2) is 0 Å². The molecule has 2 N–H and O–H groups in total. The Balaban J connectivity index is 1.12. The van der Waals surface area contributed by atoms with Gasteiger partial charge in [0.1, 0.15) is 11.8 Å². The highest BCUT2D eigenvalue weighted by atomic mass is 16.3. The molecule has 4 atom stereocenters. The zero-order valence-electron chi connectivity index (χ0n) is 28.6. The molecule has 6 rings (SSSR count). The summed E-state index contributed by atoms with van der Waals surface area (Å²) in [5.74, 6) is 0.670. The third-order valence-corrected chi connectivity index (χ3v) is 10.9. The molecule has 2 fully saturated rings. The number of aryl methyl sites for hydroxylation is 1. The number of anilines is 1. The summed E-state index contributed by atoms with van der Waals surface area (Å²) in [6.45, 7) is 9.35. The van der Waals surface area contributed by atoms with Crippen LogP contribution < -0.4 is 10.2 Å². The molecule has 0 radical (unpaired) electrons. The topological polar surface area (TPSA) is 93.2 Å². The number of carbonyl (C=O) groups excluding carboxylic acids is 3. The molecule has 2 saturated heterocycles. The molecule has 2 heterocycles. The van der Waals surface area contributed by atoms with Crippen LogP contribution in [0.2, 0.25) is 0 Å². The van der Waals surface area contributed by atoms with E-state index in [1.807, 2.05) is 19.1 Å². The quantitative estimate of drug-likeness (QED) is 0.201. The zero-order chi connectivity index (χ0) is 33.8. The first-order valence-corrected chi connectivity index (χ1v) is 17.8. The van der Waals surface area contributed by atoms with Crippen molar-refractivity contribution in [1.82, 2.24) is 15.1 Å². The predicted molar refractivity (Wildman–Crippen MR) is 189 cm³/mol. The predicted octanol–water partition coefficient (Wildman–Crippen LogP) is 6.18. The van der Waals surface area contributed by atoms with Crippen molar-refractivity contribution >= 4 is 23.4 Å². The number of nitrogens with one attached hydrogen (secondary N) is 1. The lowest BCUT2D eigenvalue weighted by Gasteiger charge is -2.44. The maximum absolute atomic E-state index is 12.8. The van der Waals surface area contributed by atoms with Gasteiger partial charge in [-0.3, -0.25) is 24.6 Å². The number of benzene rings is 3. The molecule has 2 aliphatic heterocycles. The Bertz CT molecular complexity index is 1580. The number of nitrogens with zero attached hydrogens (tertiary/aromatic N) is 3. The van der Waals surface area contributed by atoms with Gasteiger partial charge in [0.25, 0.3) is 0 Å². The average Bonchev–Trinajstić information content (AvgIpc) is 3.09. The number of phenols is 1. The molecule has 48 heavy (non-hydrogen) atoms. The second-order valence-electron chi connectivity index (χ2n) is 14.0. The zero-order valence-corrected chi connectivity index (χ0v) is 28.6. The number of fused-ring (bicyclic) bond motifs is 1. The SMILES string of the molecule is CCCN(CC1CCN(c2ccc([C@@H]3c4ccc(O)cc4CC[C@@H]3c3ccccc3)cc2)CC1)C(C)N(C(C)=O)C1CCC(=O)NC1=O. The second kappa shape index (κ2) is 14.9. The van der Waals surface area contributed by atoms with Crippen molar-refractivity contribution in [2.24, 2.45) is 5.92 Å². The molecular formula is C40H50N4O4. The highest BCUT2D eigenvalue weighted by Crippen LogP contribution is 2.47. The van der Waals surface area contributed by atoms with Gasteiger partial charge in [-0.05, 0) is 110 Å². The lowest BCUT2D eigenvalue weighted by molar-refractivity contribution is -0.150. The van der Waals surface area contributed by atoms with Gasteiger partial charge in [0.2, 0.25) is 17.7 Å². The molecule has 8 nitrogen and oxygen atoms in total. The molecule has 3 aromatic rings. The minimum Gasteiger partial charge on any atom is -0.508 e. The minimum atomic E-state index is -0.614. The normalized spacial score (nSPS) is 22.2. The van der Waals surface area contributed by atoms with Crippen LogP contribution in [0.15, 0.2) is 72.8 Å². The maximum atomic E-state index is 12.8. The lowest BCUT2D eigenvalue weighted by Crippen LogP contribution is -2.60. The number of amides is 3. The number of aromatic hydroxyl groups is 1. The Kier molecular flexibility index (Phi) is 10.5. The molecular weight excluding hydrogens is 600 g/mol. The fourth-order valence-electron chi connectivity index (χ4n) is 8.46. The fourth-order valence-corrected chi connectivity index (χ4v) is 8.46. The molecule has 0 bridgehead atoms. The van der Waals surface area contributed by atoms with Crippen LogP contribution in [0.3, 0.4) is 0 Å². The van der Waals surface area contributed by atoms with Gasteiger partial charge in [-0.2, -0.15) is 0 Å². The van der Waals surface area contributed by atoms with E-state index in [1.165, 1.54) is 34.9 Å². The largest absolute Gasteiger partial charge is 0.508 e. The van der Waals surface area contributed by atoms with Crippen LogP contribution in [0.1, 0.15) is 93.4 Å². The van der Waals surface area contributed by atoms with Crippen molar-refractivity contribution in [2.45, 2.75) is 89.8 Å². The monoisotopic (exact) mass is 650 g/mol. The van der Waals surface area contributed by atoms with Gasteiger partial charge in [-0.1, -0.05) is 55.5 Å². The van der Waals surface area contributed by atoms with E-state index in [0.717, 1.165) is 58.3 Å². The van der Waals surface area contributed by atoms with E-state index in [1.54, 1.807) is 4.90 Å². The maximum Gasteiger partial charge on any atom is 0.249 e. The standard InChI is InChI=1S/C40H50N4O4/c1-4-22-43(27(2)44(28(3)45)37-18-19-38(47)41-40(37)48)26-29-20-23-42(24-21-29)33-13-10-31(11-14-33)39-35(30-8-6-5-7-9-30)16-12-32-25-34(46)15-17-36(32)39/h5-11,13-15,17,25,27,29,35,37,39,46H,4,12,16,18-24,26H2,1-3H3,(H,41,47,48)/t27?,35-,37?,39+/m1/s1. The molecule has 0 aromatic heterocycles. The van der Waals surface area contributed by atoms with Crippen LogP contribution >= 0.6 is 0 Å². The number of phenolic OH excluding ortho intramolecular Hbond substituents is 1.